The molecule has 122 valence electrons. The van der Waals surface area contributed by atoms with E-state index in [1.54, 1.807) is 11.3 Å². The summed E-state index contributed by atoms with van der Waals surface area (Å²) in [5, 5.41) is 4.27. The molecule has 1 aliphatic rings. The molecule has 1 N–H and O–H groups in total. The summed E-state index contributed by atoms with van der Waals surface area (Å²) in [6.07, 6.45) is 3.28. The number of thiazole rings is 1. The molecule has 0 saturated heterocycles. The molecule has 2 aromatic heterocycles. The van der Waals surface area contributed by atoms with E-state index in [1.165, 1.54) is 23.1 Å². The maximum Gasteiger partial charge on any atom is 0.236 e. The highest BCUT2D eigenvalue weighted by atomic mass is 32.2. The fraction of sp³-hybridized carbons (Fsp3) is 0.500. The third-order valence-electron chi connectivity index (χ3n) is 3.73. The highest BCUT2D eigenvalue weighted by molar-refractivity contribution is 7.99. The van der Waals surface area contributed by atoms with Crippen LogP contribution in [0, 0.1) is 19.8 Å². The normalized spacial score (nSPS) is 16.9. The van der Waals surface area contributed by atoms with Crippen LogP contribution in [-0.4, -0.2) is 26.6 Å². The van der Waals surface area contributed by atoms with E-state index in [1.807, 2.05) is 19.9 Å². The van der Waals surface area contributed by atoms with Gasteiger partial charge in [0, 0.05) is 16.3 Å². The third kappa shape index (κ3) is 4.29. The molecule has 1 atom stereocenters. The summed E-state index contributed by atoms with van der Waals surface area (Å²) in [5.41, 5.74) is 3.00. The van der Waals surface area contributed by atoms with Crippen LogP contribution in [0.5, 0.6) is 0 Å². The van der Waals surface area contributed by atoms with E-state index < -0.39 is 0 Å². The van der Waals surface area contributed by atoms with Crippen LogP contribution in [0.4, 0.5) is 5.13 Å². The molecular weight excluding hydrogens is 328 g/mol. The molecule has 7 heteroatoms. The molecule has 23 heavy (non-hydrogen) atoms. The Morgan fingerprint density at radius 2 is 2.09 bits per heavy atom. The van der Waals surface area contributed by atoms with E-state index in [-0.39, 0.29) is 5.91 Å². The minimum atomic E-state index is -0.0584. The molecule has 0 fully saturated rings. The lowest BCUT2D eigenvalue weighted by atomic mass is 9.93. The summed E-state index contributed by atoms with van der Waals surface area (Å²) < 4.78 is 0. The number of anilines is 1. The van der Waals surface area contributed by atoms with Gasteiger partial charge in [-0.25, -0.2) is 15.0 Å². The van der Waals surface area contributed by atoms with Gasteiger partial charge >= 0.3 is 0 Å². The zero-order chi connectivity index (χ0) is 16.4. The smallest absolute Gasteiger partial charge is 0.236 e. The molecule has 1 aliphatic carbocycles. The van der Waals surface area contributed by atoms with E-state index in [4.69, 9.17) is 0 Å². The lowest BCUT2D eigenvalue weighted by Crippen LogP contribution is -2.14. The molecule has 0 aliphatic heterocycles. The highest BCUT2D eigenvalue weighted by Crippen LogP contribution is 2.32. The lowest BCUT2D eigenvalue weighted by molar-refractivity contribution is -0.113. The van der Waals surface area contributed by atoms with Gasteiger partial charge in [0.15, 0.2) is 10.3 Å². The van der Waals surface area contributed by atoms with Crippen LogP contribution in [0.2, 0.25) is 0 Å². The van der Waals surface area contributed by atoms with Gasteiger partial charge in [-0.15, -0.1) is 11.3 Å². The second-order valence-corrected chi connectivity index (χ2v) is 8.03. The quantitative estimate of drug-likeness (QED) is 0.677. The van der Waals surface area contributed by atoms with Crippen molar-refractivity contribution in [2.45, 2.75) is 45.2 Å². The van der Waals surface area contributed by atoms with Crippen molar-refractivity contribution in [1.29, 1.82) is 0 Å². The summed E-state index contributed by atoms with van der Waals surface area (Å²) >= 11 is 2.96. The van der Waals surface area contributed by atoms with Crippen LogP contribution in [0.15, 0.2) is 11.2 Å². The van der Waals surface area contributed by atoms with Gasteiger partial charge in [0.05, 0.1) is 11.4 Å². The SMILES string of the molecule is Cc1cc(C)nc(SCC(=O)Nc2nc3c(s2)CC(C)CC3)n1. The number of carbonyl (C=O) groups is 1. The molecule has 0 radical (unpaired) electrons. The molecule has 3 rings (SSSR count). The van der Waals surface area contributed by atoms with Crippen LogP contribution < -0.4 is 5.32 Å². The van der Waals surface area contributed by atoms with Crippen molar-refractivity contribution in [2.75, 3.05) is 11.1 Å². The summed E-state index contributed by atoms with van der Waals surface area (Å²) in [5.74, 6) is 0.949. The van der Waals surface area contributed by atoms with Gasteiger partial charge in [-0.3, -0.25) is 4.79 Å². The molecule has 0 aromatic carbocycles. The number of hydrogen-bond donors (Lipinski definition) is 1. The Labute approximate surface area is 144 Å². The Kier molecular flexibility index (Phi) is 4.96. The molecule has 2 aromatic rings. The minimum Gasteiger partial charge on any atom is -0.301 e. The standard InChI is InChI=1S/C16H20N4OS2/c1-9-4-5-12-13(6-9)23-16(19-12)20-14(21)8-22-15-17-10(2)7-11(3)18-15/h7,9H,4-6,8H2,1-3H3,(H,19,20,21). The molecule has 0 saturated carbocycles. The molecule has 0 bridgehead atoms. The van der Waals surface area contributed by atoms with Gasteiger partial charge in [0.1, 0.15) is 0 Å². The van der Waals surface area contributed by atoms with E-state index >= 15 is 0 Å². The van der Waals surface area contributed by atoms with Gasteiger partial charge in [0.25, 0.3) is 0 Å². The zero-order valence-corrected chi connectivity index (χ0v) is 15.2. The number of nitrogens with one attached hydrogen (secondary N) is 1. The first-order valence-electron chi connectivity index (χ1n) is 7.73. The highest BCUT2D eigenvalue weighted by Gasteiger charge is 2.20. The molecule has 1 unspecified atom stereocenters. The number of hydrogen-bond acceptors (Lipinski definition) is 6. The molecule has 1 amide bonds. The number of aryl methyl sites for hydroxylation is 3. The number of carbonyl (C=O) groups excluding carboxylic acids is 1. The summed E-state index contributed by atoms with van der Waals surface area (Å²) in [4.78, 5) is 26.7. The summed E-state index contributed by atoms with van der Waals surface area (Å²) in [6.45, 7) is 6.13. The average Bonchev–Trinajstić information content (AvgIpc) is 2.85. The molecule has 2 heterocycles. The van der Waals surface area contributed by atoms with Crippen LogP contribution in [0.25, 0.3) is 0 Å². The Hall–Kier alpha value is -1.47. The lowest BCUT2D eigenvalue weighted by Gasteiger charge is -2.15. The Bertz CT molecular complexity index is 709. The molecule has 0 spiro atoms. The Balaban J connectivity index is 1.57. The molecular formula is C16H20N4OS2. The van der Waals surface area contributed by atoms with Gasteiger partial charge < -0.3 is 5.32 Å². The van der Waals surface area contributed by atoms with Crippen molar-refractivity contribution < 1.29 is 4.79 Å². The second-order valence-electron chi connectivity index (χ2n) is 6.01. The third-order valence-corrected chi connectivity index (χ3v) is 5.61. The number of aromatic nitrogens is 3. The van der Waals surface area contributed by atoms with E-state index in [0.717, 1.165) is 35.1 Å². The first-order chi connectivity index (χ1) is 11.0. The van der Waals surface area contributed by atoms with Crippen molar-refractivity contribution in [2.24, 2.45) is 5.92 Å². The van der Waals surface area contributed by atoms with Crippen molar-refractivity contribution in [1.82, 2.24) is 15.0 Å². The summed E-state index contributed by atoms with van der Waals surface area (Å²) in [6, 6.07) is 1.92. The first-order valence-corrected chi connectivity index (χ1v) is 9.53. The molecule has 5 nitrogen and oxygen atoms in total. The van der Waals surface area contributed by atoms with Crippen molar-refractivity contribution in [3.05, 3.63) is 28.0 Å². The maximum absolute atomic E-state index is 12.1. The van der Waals surface area contributed by atoms with Crippen molar-refractivity contribution in [3.8, 4) is 0 Å². The van der Waals surface area contributed by atoms with Crippen LogP contribution in [0.3, 0.4) is 0 Å². The van der Waals surface area contributed by atoms with Crippen LogP contribution in [0.1, 0.15) is 35.3 Å². The topological polar surface area (TPSA) is 67.8 Å². The Morgan fingerprint density at radius 3 is 2.83 bits per heavy atom. The number of thioether (sulfide) groups is 1. The fourth-order valence-corrected chi connectivity index (χ4v) is 4.57. The van der Waals surface area contributed by atoms with Crippen molar-refractivity contribution >= 4 is 34.1 Å². The van der Waals surface area contributed by atoms with Gasteiger partial charge in [0.2, 0.25) is 5.91 Å². The number of nitrogens with zero attached hydrogens (tertiary/aromatic N) is 3. The van der Waals surface area contributed by atoms with Gasteiger partial charge in [-0.05, 0) is 45.1 Å². The van der Waals surface area contributed by atoms with Gasteiger partial charge in [-0.2, -0.15) is 0 Å². The second kappa shape index (κ2) is 6.97. The maximum atomic E-state index is 12.1. The zero-order valence-electron chi connectivity index (χ0n) is 13.5. The van der Waals surface area contributed by atoms with Crippen LogP contribution >= 0.6 is 23.1 Å². The predicted octanol–water partition coefficient (Wildman–Crippen LogP) is 3.41. The van der Waals surface area contributed by atoms with Crippen molar-refractivity contribution in [3.63, 3.8) is 0 Å². The van der Waals surface area contributed by atoms with E-state index in [2.05, 4.69) is 27.2 Å². The number of rotatable bonds is 4. The van der Waals surface area contributed by atoms with E-state index in [0.29, 0.717) is 16.8 Å². The van der Waals surface area contributed by atoms with E-state index in [9.17, 15) is 4.79 Å². The summed E-state index contributed by atoms with van der Waals surface area (Å²) in [7, 11) is 0. The largest absolute Gasteiger partial charge is 0.301 e. The number of fused-ring (bicyclic) bond motifs is 1. The first kappa shape index (κ1) is 16.4. The average molecular weight is 348 g/mol. The van der Waals surface area contributed by atoms with Crippen LogP contribution in [-0.2, 0) is 17.6 Å². The fourth-order valence-electron chi connectivity index (χ4n) is 2.64. The minimum absolute atomic E-state index is 0.0584. The monoisotopic (exact) mass is 348 g/mol. The van der Waals surface area contributed by atoms with Gasteiger partial charge in [-0.1, -0.05) is 18.7 Å². The number of amides is 1. The Morgan fingerprint density at radius 1 is 1.35 bits per heavy atom. The predicted molar refractivity (Wildman–Crippen MR) is 94.2 cm³/mol.